The van der Waals surface area contributed by atoms with Crippen molar-refractivity contribution in [3.63, 3.8) is 0 Å². The number of nitrogens with one attached hydrogen (secondary N) is 1. The lowest BCUT2D eigenvalue weighted by Crippen LogP contribution is -2.40. The van der Waals surface area contributed by atoms with Gasteiger partial charge < -0.3 is 15.0 Å². The van der Waals surface area contributed by atoms with Gasteiger partial charge in [0.25, 0.3) is 0 Å². The number of alkyl carbamates (subject to hydrolysis) is 1. The van der Waals surface area contributed by atoms with Gasteiger partial charge in [-0.1, -0.05) is 0 Å². The Balaban J connectivity index is 1.68. The van der Waals surface area contributed by atoms with Gasteiger partial charge in [0.15, 0.2) is 0 Å². The Morgan fingerprint density at radius 3 is 2.88 bits per heavy atom. The van der Waals surface area contributed by atoms with Crippen LogP contribution >= 0.6 is 15.9 Å². The number of fused-ring (bicyclic) bond motifs is 1. The second kappa shape index (κ2) is 6.78. The molecule has 1 aliphatic heterocycles. The van der Waals surface area contributed by atoms with Gasteiger partial charge in [0.05, 0.1) is 16.0 Å². The van der Waals surface area contributed by atoms with Crippen LogP contribution in [0.2, 0.25) is 0 Å². The van der Waals surface area contributed by atoms with Crippen molar-refractivity contribution in [1.29, 1.82) is 0 Å². The van der Waals surface area contributed by atoms with E-state index in [9.17, 15) is 9.18 Å². The third-order valence-electron chi connectivity index (χ3n) is 3.95. The number of anilines is 1. The second-order valence-corrected chi connectivity index (χ2v) is 8.06. The maximum absolute atomic E-state index is 13.7. The molecule has 1 aromatic carbocycles. The first-order chi connectivity index (χ1) is 11.7. The first kappa shape index (κ1) is 17.9. The molecule has 0 unspecified atom stereocenters. The zero-order valence-electron chi connectivity index (χ0n) is 14.5. The monoisotopic (exact) mass is 409 g/mol. The van der Waals surface area contributed by atoms with Crippen LogP contribution in [0.25, 0.3) is 10.9 Å². The maximum Gasteiger partial charge on any atom is 0.407 e. The number of hydrogen-bond acceptors (Lipinski definition) is 4. The summed E-state index contributed by atoms with van der Waals surface area (Å²) in [6.45, 7) is 6.94. The zero-order valence-corrected chi connectivity index (χ0v) is 16.1. The Labute approximate surface area is 154 Å². The summed E-state index contributed by atoms with van der Waals surface area (Å²) in [4.78, 5) is 18.5. The molecule has 1 aromatic heterocycles. The molecule has 0 spiro atoms. The van der Waals surface area contributed by atoms with E-state index in [1.54, 1.807) is 6.07 Å². The molecular formula is C18H21BrFN3O2. The lowest BCUT2D eigenvalue weighted by molar-refractivity contribution is 0.0509. The Bertz CT molecular complexity index is 807. The average molecular weight is 410 g/mol. The quantitative estimate of drug-likeness (QED) is 0.805. The van der Waals surface area contributed by atoms with Gasteiger partial charge in [-0.3, -0.25) is 0 Å². The van der Waals surface area contributed by atoms with Crippen molar-refractivity contribution in [3.05, 3.63) is 34.6 Å². The van der Waals surface area contributed by atoms with Gasteiger partial charge in [-0.2, -0.15) is 0 Å². The minimum absolute atomic E-state index is 0.00833. The summed E-state index contributed by atoms with van der Waals surface area (Å²) in [5.74, 6) is 0.450. The summed E-state index contributed by atoms with van der Waals surface area (Å²) in [5.41, 5.74) is 0.0995. The molecule has 0 radical (unpaired) electrons. The molecule has 1 saturated heterocycles. The normalized spacial score (nSPS) is 17.8. The van der Waals surface area contributed by atoms with Gasteiger partial charge in [-0.25, -0.2) is 14.2 Å². The predicted octanol–water partition coefficient (Wildman–Crippen LogP) is 4.24. The third-order valence-corrected chi connectivity index (χ3v) is 4.56. The van der Waals surface area contributed by atoms with E-state index in [2.05, 4.69) is 31.1 Å². The molecule has 0 saturated carbocycles. The number of carbonyl (C=O) groups excluding carboxylic acids is 1. The maximum atomic E-state index is 13.7. The lowest BCUT2D eigenvalue weighted by atomic mass is 10.2. The summed E-state index contributed by atoms with van der Waals surface area (Å²) >= 11 is 3.19. The fourth-order valence-electron chi connectivity index (χ4n) is 2.84. The van der Waals surface area contributed by atoms with Gasteiger partial charge in [-0.15, -0.1) is 0 Å². The van der Waals surface area contributed by atoms with Gasteiger partial charge in [-0.05, 0) is 61.3 Å². The minimum Gasteiger partial charge on any atom is -0.444 e. The van der Waals surface area contributed by atoms with E-state index in [4.69, 9.17) is 4.74 Å². The number of hydrogen-bond donors (Lipinski definition) is 1. The minimum atomic E-state index is -0.513. The van der Waals surface area contributed by atoms with Crippen LogP contribution in [0.4, 0.5) is 15.0 Å². The van der Waals surface area contributed by atoms with Crippen molar-refractivity contribution in [3.8, 4) is 0 Å². The van der Waals surface area contributed by atoms with Crippen LogP contribution < -0.4 is 10.2 Å². The van der Waals surface area contributed by atoms with Gasteiger partial charge in [0, 0.05) is 24.5 Å². The standard InChI is InChI=1S/C18H21BrFN3O2/c1-18(2,3)25-17(24)21-12-6-7-23(10-12)16-5-4-11-8-13(19)14(20)9-15(11)22-16/h4-5,8-9,12H,6-7,10H2,1-3H3,(H,21,24)/t12-/m0/s1. The Hall–Kier alpha value is -1.89. The summed E-state index contributed by atoms with van der Waals surface area (Å²) < 4.78 is 19.5. The van der Waals surface area contributed by atoms with Crippen molar-refractivity contribution >= 4 is 38.7 Å². The molecule has 1 N–H and O–H groups in total. The van der Waals surface area contributed by atoms with Crippen LogP contribution in [0.3, 0.4) is 0 Å². The average Bonchev–Trinajstić information content (AvgIpc) is 2.94. The molecule has 0 bridgehead atoms. The van der Waals surface area contributed by atoms with E-state index in [-0.39, 0.29) is 11.9 Å². The molecule has 3 rings (SSSR count). The van der Waals surface area contributed by atoms with E-state index in [1.807, 2.05) is 32.9 Å². The fraction of sp³-hybridized carbons (Fsp3) is 0.444. The Kier molecular flexibility index (Phi) is 4.86. The SMILES string of the molecule is CC(C)(C)OC(=O)N[C@H]1CCN(c2ccc3cc(Br)c(F)cc3n2)C1. The van der Waals surface area contributed by atoms with Crippen molar-refractivity contribution in [2.75, 3.05) is 18.0 Å². The number of carbonyl (C=O) groups is 1. The molecule has 2 aromatic rings. The zero-order chi connectivity index (χ0) is 18.2. The van der Waals surface area contributed by atoms with Gasteiger partial charge in [0.2, 0.25) is 0 Å². The van der Waals surface area contributed by atoms with E-state index >= 15 is 0 Å². The lowest BCUT2D eigenvalue weighted by Gasteiger charge is -2.22. The van der Waals surface area contributed by atoms with Crippen molar-refractivity contribution in [2.24, 2.45) is 0 Å². The number of nitrogens with zero attached hydrogens (tertiary/aromatic N) is 2. The molecule has 25 heavy (non-hydrogen) atoms. The second-order valence-electron chi connectivity index (χ2n) is 7.21. The Morgan fingerprint density at radius 1 is 1.40 bits per heavy atom. The first-order valence-electron chi connectivity index (χ1n) is 8.21. The number of ether oxygens (including phenoxy) is 1. The van der Waals surface area contributed by atoms with Crippen LogP contribution in [-0.2, 0) is 4.74 Å². The van der Waals surface area contributed by atoms with E-state index < -0.39 is 11.7 Å². The molecule has 1 atom stereocenters. The van der Waals surface area contributed by atoms with Crippen LogP contribution in [0.1, 0.15) is 27.2 Å². The molecule has 5 nitrogen and oxygen atoms in total. The molecule has 0 aliphatic carbocycles. The molecule has 134 valence electrons. The highest BCUT2D eigenvalue weighted by atomic mass is 79.9. The van der Waals surface area contributed by atoms with E-state index in [0.29, 0.717) is 16.5 Å². The van der Waals surface area contributed by atoms with Crippen LogP contribution in [0.5, 0.6) is 0 Å². The highest BCUT2D eigenvalue weighted by molar-refractivity contribution is 9.10. The predicted molar refractivity (Wildman–Crippen MR) is 99.4 cm³/mol. The van der Waals surface area contributed by atoms with Crippen molar-refractivity contribution in [2.45, 2.75) is 38.8 Å². The third kappa shape index (κ3) is 4.39. The van der Waals surface area contributed by atoms with Gasteiger partial charge >= 0.3 is 6.09 Å². The number of halogens is 2. The van der Waals surface area contributed by atoms with E-state index in [1.165, 1.54) is 6.07 Å². The highest BCUT2D eigenvalue weighted by Gasteiger charge is 2.27. The largest absolute Gasteiger partial charge is 0.444 e. The van der Waals surface area contributed by atoms with Crippen molar-refractivity contribution < 1.29 is 13.9 Å². The number of benzene rings is 1. The fourth-order valence-corrected chi connectivity index (χ4v) is 3.20. The summed E-state index contributed by atoms with van der Waals surface area (Å²) in [6.07, 6.45) is 0.408. The topological polar surface area (TPSA) is 54.5 Å². The molecule has 2 heterocycles. The summed E-state index contributed by atoms with van der Waals surface area (Å²) in [6, 6.07) is 7.00. The van der Waals surface area contributed by atoms with Crippen LogP contribution in [0, 0.1) is 5.82 Å². The molecule has 1 amide bonds. The molecule has 7 heteroatoms. The molecular weight excluding hydrogens is 389 g/mol. The summed E-state index contributed by atoms with van der Waals surface area (Å²) in [7, 11) is 0. The number of aromatic nitrogens is 1. The molecule has 1 aliphatic rings. The number of rotatable bonds is 2. The summed E-state index contributed by atoms with van der Waals surface area (Å²) in [5, 5.41) is 3.77. The smallest absolute Gasteiger partial charge is 0.407 e. The highest BCUT2D eigenvalue weighted by Crippen LogP contribution is 2.26. The van der Waals surface area contributed by atoms with Gasteiger partial charge in [0.1, 0.15) is 17.2 Å². The van der Waals surface area contributed by atoms with E-state index in [0.717, 1.165) is 24.2 Å². The molecule has 1 fully saturated rings. The van der Waals surface area contributed by atoms with Crippen LogP contribution in [0.15, 0.2) is 28.7 Å². The first-order valence-corrected chi connectivity index (χ1v) is 9.01. The van der Waals surface area contributed by atoms with Crippen LogP contribution in [-0.4, -0.2) is 35.8 Å². The van der Waals surface area contributed by atoms with Crippen molar-refractivity contribution in [1.82, 2.24) is 10.3 Å². The number of pyridine rings is 1. The number of amides is 1. The Morgan fingerprint density at radius 2 is 2.16 bits per heavy atom.